The van der Waals surface area contributed by atoms with E-state index in [1.54, 1.807) is 6.26 Å². The van der Waals surface area contributed by atoms with Gasteiger partial charge in [-0.3, -0.25) is 9.59 Å². The molecule has 3 fully saturated rings. The van der Waals surface area contributed by atoms with Gasteiger partial charge in [-0.05, 0) is 99.8 Å². The molecule has 3 aromatic rings. The number of anilines is 2. The molecule has 0 spiro atoms. The molecule has 222 valence electrons. The standard InChI is InChI=1S/C34H42N4O4/c1-37(2)31-17-16-28(19-35-31)23-8-6-22(7-9-23)20-38(33(39)25-12-14-26(15-13-25)34(40)41)29-5-3-4-27(18-29)30-21-42-32(36-30)24-10-11-24/h3-5,16-19,21-26H,6-15,20H2,1-2H3,(H,40,41)/t22-,23-,25-,26-. The van der Waals surface area contributed by atoms with Crippen LogP contribution < -0.4 is 9.80 Å². The second-order valence-corrected chi connectivity index (χ2v) is 12.8. The maximum absolute atomic E-state index is 14.1. The minimum absolute atomic E-state index is 0.125. The zero-order valence-corrected chi connectivity index (χ0v) is 24.7. The summed E-state index contributed by atoms with van der Waals surface area (Å²) in [5, 5.41) is 9.47. The number of aromatic nitrogens is 2. The Morgan fingerprint density at radius 1 is 0.905 bits per heavy atom. The zero-order valence-electron chi connectivity index (χ0n) is 24.7. The van der Waals surface area contributed by atoms with Gasteiger partial charge in [-0.1, -0.05) is 18.2 Å². The summed E-state index contributed by atoms with van der Waals surface area (Å²) in [6.07, 6.45) is 12.7. The maximum Gasteiger partial charge on any atom is 0.306 e. The number of oxazole rings is 1. The fraction of sp³-hybridized carbons (Fsp3) is 0.529. The summed E-state index contributed by atoms with van der Waals surface area (Å²) in [5.74, 6) is 2.02. The van der Waals surface area contributed by atoms with Crippen LogP contribution in [0.5, 0.6) is 0 Å². The number of hydrogen-bond donors (Lipinski definition) is 1. The number of carboxylic acids is 1. The predicted molar refractivity (Wildman–Crippen MR) is 163 cm³/mol. The molecule has 0 aliphatic heterocycles. The summed E-state index contributed by atoms with van der Waals surface area (Å²) in [6.45, 7) is 0.678. The van der Waals surface area contributed by atoms with Gasteiger partial charge in [0.2, 0.25) is 5.91 Å². The molecule has 2 heterocycles. The van der Waals surface area contributed by atoms with Crippen molar-refractivity contribution < 1.29 is 19.1 Å². The number of rotatable bonds is 9. The molecule has 3 aliphatic rings. The summed E-state index contributed by atoms with van der Waals surface area (Å²) >= 11 is 0. The summed E-state index contributed by atoms with van der Waals surface area (Å²) in [4.78, 5) is 39.0. The Labute approximate surface area is 248 Å². The first kappa shape index (κ1) is 28.4. The summed E-state index contributed by atoms with van der Waals surface area (Å²) in [6, 6.07) is 12.4. The van der Waals surface area contributed by atoms with Gasteiger partial charge in [0.25, 0.3) is 0 Å². The maximum atomic E-state index is 14.1. The third kappa shape index (κ3) is 6.37. The second-order valence-electron chi connectivity index (χ2n) is 12.8. The van der Waals surface area contributed by atoms with Crippen LogP contribution in [0.1, 0.15) is 87.5 Å². The van der Waals surface area contributed by atoms with Crippen molar-refractivity contribution >= 4 is 23.4 Å². The van der Waals surface area contributed by atoms with E-state index in [2.05, 4.69) is 23.2 Å². The van der Waals surface area contributed by atoms with Gasteiger partial charge in [0.1, 0.15) is 17.8 Å². The number of aliphatic carboxylic acids is 1. The van der Waals surface area contributed by atoms with Crippen LogP contribution in [-0.2, 0) is 9.59 Å². The molecule has 3 aliphatic carbocycles. The molecule has 0 bridgehead atoms. The second kappa shape index (κ2) is 12.3. The SMILES string of the molecule is CN(C)c1ccc([C@H]2CC[C@H](CN(c3cccc(-c4coc(C5CC5)n4)c3)C(=O)[C@H]3CC[C@H](C(=O)O)CC3)CC2)cn1. The number of carbonyl (C=O) groups excluding carboxylic acids is 1. The van der Waals surface area contributed by atoms with E-state index in [0.29, 0.717) is 50.0 Å². The van der Waals surface area contributed by atoms with Gasteiger partial charge in [0.05, 0.1) is 5.92 Å². The molecule has 1 aromatic carbocycles. The van der Waals surface area contributed by atoms with Gasteiger partial charge in [0, 0.05) is 49.9 Å². The van der Waals surface area contributed by atoms with E-state index in [9.17, 15) is 14.7 Å². The van der Waals surface area contributed by atoms with E-state index in [1.165, 1.54) is 5.56 Å². The largest absolute Gasteiger partial charge is 0.481 e. The summed E-state index contributed by atoms with van der Waals surface area (Å²) < 4.78 is 5.76. The molecule has 1 amide bonds. The van der Waals surface area contributed by atoms with Gasteiger partial charge in [0.15, 0.2) is 5.89 Å². The molecular weight excluding hydrogens is 528 g/mol. The molecule has 42 heavy (non-hydrogen) atoms. The van der Waals surface area contributed by atoms with E-state index in [1.807, 2.05) is 48.3 Å². The first-order chi connectivity index (χ1) is 20.4. The number of benzene rings is 1. The first-order valence-electron chi connectivity index (χ1n) is 15.6. The van der Waals surface area contributed by atoms with Crippen molar-refractivity contribution in [3.05, 3.63) is 60.3 Å². The van der Waals surface area contributed by atoms with E-state index >= 15 is 0 Å². The summed E-state index contributed by atoms with van der Waals surface area (Å²) in [5.41, 5.74) is 3.95. The number of carboxylic acid groups (broad SMARTS) is 1. The van der Waals surface area contributed by atoms with E-state index in [4.69, 9.17) is 9.40 Å². The lowest BCUT2D eigenvalue weighted by atomic mass is 9.78. The number of amides is 1. The molecule has 6 rings (SSSR count). The Hall–Kier alpha value is -3.68. The van der Waals surface area contributed by atoms with Gasteiger partial charge < -0.3 is 19.3 Å². The van der Waals surface area contributed by atoms with Crippen molar-refractivity contribution in [1.82, 2.24) is 9.97 Å². The lowest BCUT2D eigenvalue weighted by molar-refractivity contribution is -0.144. The lowest BCUT2D eigenvalue weighted by Crippen LogP contribution is -2.41. The van der Waals surface area contributed by atoms with E-state index in [0.717, 1.165) is 67.2 Å². The van der Waals surface area contributed by atoms with Gasteiger partial charge in [-0.15, -0.1) is 0 Å². The molecule has 2 aromatic heterocycles. The van der Waals surface area contributed by atoms with Crippen LogP contribution in [0.4, 0.5) is 11.5 Å². The topological polar surface area (TPSA) is 99.8 Å². The first-order valence-corrected chi connectivity index (χ1v) is 15.6. The van der Waals surface area contributed by atoms with E-state index in [-0.39, 0.29) is 17.7 Å². The van der Waals surface area contributed by atoms with Crippen molar-refractivity contribution in [2.24, 2.45) is 17.8 Å². The van der Waals surface area contributed by atoms with E-state index < -0.39 is 5.97 Å². The highest BCUT2D eigenvalue weighted by Gasteiger charge is 2.35. The Kier molecular flexibility index (Phi) is 8.31. The van der Waals surface area contributed by atoms with Crippen molar-refractivity contribution in [1.29, 1.82) is 0 Å². The Bertz CT molecular complexity index is 1380. The number of nitrogens with zero attached hydrogens (tertiary/aromatic N) is 4. The molecule has 1 N–H and O–H groups in total. The molecular formula is C34H42N4O4. The van der Waals surface area contributed by atoms with Gasteiger partial charge >= 0.3 is 5.97 Å². The normalized spacial score (nSPS) is 24.2. The van der Waals surface area contributed by atoms with Crippen LogP contribution in [0.3, 0.4) is 0 Å². The Morgan fingerprint density at radius 2 is 1.62 bits per heavy atom. The zero-order chi connectivity index (χ0) is 29.2. The quantitative estimate of drug-likeness (QED) is 0.299. The van der Waals surface area contributed by atoms with Crippen molar-refractivity contribution in [2.45, 2.75) is 76.0 Å². The minimum Gasteiger partial charge on any atom is -0.481 e. The molecule has 0 saturated heterocycles. The Morgan fingerprint density at radius 3 is 2.26 bits per heavy atom. The Balaban J connectivity index is 1.18. The van der Waals surface area contributed by atoms with Crippen LogP contribution >= 0.6 is 0 Å². The fourth-order valence-corrected chi connectivity index (χ4v) is 6.74. The average Bonchev–Trinajstić information content (AvgIpc) is 3.76. The number of carbonyl (C=O) groups is 2. The molecule has 0 unspecified atom stereocenters. The van der Waals surface area contributed by atoms with Crippen molar-refractivity contribution in [3.8, 4) is 11.3 Å². The van der Waals surface area contributed by atoms with Crippen molar-refractivity contribution in [2.75, 3.05) is 30.4 Å². The smallest absolute Gasteiger partial charge is 0.306 e. The lowest BCUT2D eigenvalue weighted by Gasteiger charge is -2.36. The van der Waals surface area contributed by atoms with Crippen LogP contribution in [0, 0.1) is 17.8 Å². The molecule has 8 heteroatoms. The van der Waals surface area contributed by atoms with Crippen LogP contribution in [-0.4, -0.2) is 47.6 Å². The number of hydrogen-bond acceptors (Lipinski definition) is 6. The van der Waals surface area contributed by atoms with Crippen molar-refractivity contribution in [3.63, 3.8) is 0 Å². The predicted octanol–water partition coefficient (Wildman–Crippen LogP) is 6.88. The molecule has 0 radical (unpaired) electrons. The molecule has 8 nitrogen and oxygen atoms in total. The average molecular weight is 571 g/mol. The highest BCUT2D eigenvalue weighted by atomic mass is 16.4. The molecule has 0 atom stereocenters. The summed E-state index contributed by atoms with van der Waals surface area (Å²) in [7, 11) is 4.01. The highest BCUT2D eigenvalue weighted by Crippen LogP contribution is 2.41. The monoisotopic (exact) mass is 570 g/mol. The van der Waals surface area contributed by atoms with Gasteiger partial charge in [-0.2, -0.15) is 0 Å². The fourth-order valence-electron chi connectivity index (χ4n) is 6.74. The third-order valence-corrected chi connectivity index (χ3v) is 9.58. The molecule has 3 saturated carbocycles. The van der Waals surface area contributed by atoms with Crippen LogP contribution in [0.15, 0.2) is 53.3 Å². The third-order valence-electron chi connectivity index (χ3n) is 9.58. The minimum atomic E-state index is -0.744. The highest BCUT2D eigenvalue weighted by molar-refractivity contribution is 5.95. The number of pyridine rings is 1. The van der Waals surface area contributed by atoms with Crippen LogP contribution in [0.2, 0.25) is 0 Å². The van der Waals surface area contributed by atoms with Crippen LogP contribution in [0.25, 0.3) is 11.3 Å². The van der Waals surface area contributed by atoms with Gasteiger partial charge in [-0.25, -0.2) is 9.97 Å².